The van der Waals surface area contributed by atoms with E-state index in [0.29, 0.717) is 11.5 Å². The lowest BCUT2D eigenvalue weighted by atomic mass is 9.48. The first kappa shape index (κ1) is 11.5. The average molecular weight is 286 g/mol. The van der Waals surface area contributed by atoms with Gasteiger partial charge in [-0.25, -0.2) is 0 Å². The fourth-order valence-corrected chi connectivity index (χ4v) is 6.13. The Morgan fingerprint density at radius 3 is 2.44 bits per heavy atom. The molecule has 0 aromatic heterocycles. The van der Waals surface area contributed by atoms with Crippen molar-refractivity contribution in [3.05, 3.63) is 0 Å². The molecule has 0 heterocycles. The standard InChI is InChI=1S/C14H24BrN/c1-9(16-2)6-14-7-10-3-11(8-14)5-12(4-10)13(14)15/h9-13,16H,3-8H2,1-2H3/t9-,10-,11+,12?,13+,14?/m0/s1. The predicted octanol–water partition coefficient (Wildman–Crippen LogP) is 3.57. The Labute approximate surface area is 108 Å². The van der Waals surface area contributed by atoms with Crippen molar-refractivity contribution in [2.75, 3.05) is 7.05 Å². The number of nitrogens with one attached hydrogen (secondary N) is 1. The van der Waals surface area contributed by atoms with Crippen molar-refractivity contribution in [2.24, 2.45) is 23.2 Å². The van der Waals surface area contributed by atoms with E-state index >= 15 is 0 Å². The molecule has 4 aliphatic carbocycles. The average Bonchev–Trinajstić information content (AvgIpc) is 2.24. The first-order valence-corrected chi connectivity index (χ1v) is 7.86. The third kappa shape index (κ3) is 1.68. The lowest BCUT2D eigenvalue weighted by Gasteiger charge is -2.60. The maximum Gasteiger partial charge on any atom is 0.0231 e. The van der Waals surface area contributed by atoms with Crippen molar-refractivity contribution < 1.29 is 0 Å². The molecule has 4 bridgehead atoms. The van der Waals surface area contributed by atoms with E-state index in [2.05, 4.69) is 35.2 Å². The Balaban J connectivity index is 1.82. The second-order valence-corrected chi connectivity index (χ2v) is 7.75. The van der Waals surface area contributed by atoms with Crippen LogP contribution in [-0.2, 0) is 0 Å². The Morgan fingerprint density at radius 2 is 1.88 bits per heavy atom. The number of hydrogen-bond donors (Lipinski definition) is 1. The van der Waals surface area contributed by atoms with Crippen molar-refractivity contribution in [2.45, 2.75) is 56.3 Å². The van der Waals surface area contributed by atoms with Crippen molar-refractivity contribution in [3.63, 3.8) is 0 Å². The second-order valence-electron chi connectivity index (χ2n) is 6.77. The second kappa shape index (κ2) is 3.98. The molecule has 0 spiro atoms. The van der Waals surface area contributed by atoms with Crippen LogP contribution in [0.25, 0.3) is 0 Å². The number of rotatable bonds is 3. The van der Waals surface area contributed by atoms with Crippen molar-refractivity contribution in [1.29, 1.82) is 0 Å². The largest absolute Gasteiger partial charge is 0.317 e. The fourth-order valence-electron chi connectivity index (χ4n) is 5.14. The molecule has 1 nitrogen and oxygen atoms in total. The van der Waals surface area contributed by atoms with Gasteiger partial charge in [-0.2, -0.15) is 0 Å². The lowest BCUT2D eigenvalue weighted by molar-refractivity contribution is -0.0512. The van der Waals surface area contributed by atoms with Crippen LogP contribution in [-0.4, -0.2) is 17.9 Å². The molecule has 1 N–H and O–H groups in total. The van der Waals surface area contributed by atoms with Crippen LogP contribution >= 0.6 is 15.9 Å². The molecule has 0 aromatic carbocycles. The van der Waals surface area contributed by atoms with E-state index in [1.807, 2.05) is 0 Å². The van der Waals surface area contributed by atoms with E-state index in [-0.39, 0.29) is 0 Å². The molecule has 2 heteroatoms. The highest BCUT2D eigenvalue weighted by Gasteiger charge is 2.56. The number of alkyl halides is 1. The smallest absolute Gasteiger partial charge is 0.0231 e. The Bertz CT molecular complexity index is 264. The van der Waals surface area contributed by atoms with Gasteiger partial charge in [0.25, 0.3) is 0 Å². The zero-order valence-electron chi connectivity index (χ0n) is 10.5. The first-order chi connectivity index (χ1) is 7.63. The van der Waals surface area contributed by atoms with Crippen LogP contribution in [0.15, 0.2) is 0 Å². The molecular formula is C14H24BrN. The SMILES string of the molecule is CN[C@@H](C)CC12C[C@@H]3CC(C[C@@H](C3)C1)[C@H]2Br. The third-order valence-electron chi connectivity index (χ3n) is 5.53. The molecule has 0 aliphatic heterocycles. The molecule has 4 aliphatic rings. The van der Waals surface area contributed by atoms with Crippen LogP contribution in [0.4, 0.5) is 0 Å². The van der Waals surface area contributed by atoms with E-state index in [1.165, 1.54) is 32.1 Å². The van der Waals surface area contributed by atoms with Crippen LogP contribution < -0.4 is 5.32 Å². The normalized spacial score (nSPS) is 51.9. The predicted molar refractivity (Wildman–Crippen MR) is 71.8 cm³/mol. The molecule has 92 valence electrons. The van der Waals surface area contributed by atoms with E-state index in [1.54, 1.807) is 6.42 Å². The quantitative estimate of drug-likeness (QED) is 0.782. The van der Waals surface area contributed by atoms with E-state index < -0.39 is 0 Å². The molecule has 4 saturated carbocycles. The van der Waals surface area contributed by atoms with Crippen molar-refractivity contribution in [1.82, 2.24) is 5.32 Å². The minimum absolute atomic E-state index is 0.636. The molecule has 0 amide bonds. The molecular weight excluding hydrogens is 262 g/mol. The van der Waals surface area contributed by atoms with Gasteiger partial charge in [-0.3, -0.25) is 0 Å². The highest BCUT2D eigenvalue weighted by molar-refractivity contribution is 9.09. The van der Waals surface area contributed by atoms with E-state index in [4.69, 9.17) is 0 Å². The summed E-state index contributed by atoms with van der Waals surface area (Å²) < 4.78 is 0. The van der Waals surface area contributed by atoms with Gasteiger partial charge in [0.15, 0.2) is 0 Å². The maximum absolute atomic E-state index is 4.07. The Hall–Kier alpha value is 0.440. The summed E-state index contributed by atoms with van der Waals surface area (Å²) >= 11 is 4.07. The number of hydrogen-bond acceptors (Lipinski definition) is 1. The molecule has 16 heavy (non-hydrogen) atoms. The third-order valence-corrected chi connectivity index (χ3v) is 7.25. The van der Waals surface area contributed by atoms with Gasteiger partial charge in [-0.1, -0.05) is 15.9 Å². The van der Waals surface area contributed by atoms with Crippen LogP contribution in [0.2, 0.25) is 0 Å². The summed E-state index contributed by atoms with van der Waals surface area (Å²) in [6, 6.07) is 0.677. The zero-order valence-corrected chi connectivity index (χ0v) is 12.1. The summed E-state index contributed by atoms with van der Waals surface area (Å²) in [5, 5.41) is 3.44. The molecule has 0 saturated heterocycles. The molecule has 6 atom stereocenters. The fraction of sp³-hybridized carbons (Fsp3) is 1.00. The van der Waals surface area contributed by atoms with Crippen LogP contribution in [0, 0.1) is 23.2 Å². The lowest BCUT2D eigenvalue weighted by Crippen LogP contribution is -2.55. The van der Waals surface area contributed by atoms with Gasteiger partial charge >= 0.3 is 0 Å². The van der Waals surface area contributed by atoms with Gasteiger partial charge in [-0.15, -0.1) is 0 Å². The highest BCUT2D eigenvalue weighted by atomic mass is 79.9. The first-order valence-electron chi connectivity index (χ1n) is 6.94. The van der Waals surface area contributed by atoms with Crippen LogP contribution in [0.1, 0.15) is 45.4 Å². The number of halogens is 1. The Morgan fingerprint density at radius 1 is 1.25 bits per heavy atom. The van der Waals surface area contributed by atoms with Gasteiger partial charge in [-0.05, 0) is 75.7 Å². The molecule has 4 rings (SSSR count). The summed E-state index contributed by atoms with van der Waals surface area (Å²) in [6.45, 7) is 2.35. The van der Waals surface area contributed by atoms with Crippen molar-refractivity contribution in [3.8, 4) is 0 Å². The molecule has 0 aromatic rings. The van der Waals surface area contributed by atoms with E-state index in [0.717, 1.165) is 22.6 Å². The van der Waals surface area contributed by atoms with E-state index in [9.17, 15) is 0 Å². The topological polar surface area (TPSA) is 12.0 Å². The summed E-state index contributed by atoms with van der Waals surface area (Å²) in [5.41, 5.74) is 0.636. The maximum atomic E-state index is 4.07. The van der Waals surface area contributed by atoms with Crippen LogP contribution in [0.3, 0.4) is 0 Å². The molecule has 2 unspecified atom stereocenters. The summed E-state index contributed by atoms with van der Waals surface area (Å²) in [5.74, 6) is 3.13. The van der Waals surface area contributed by atoms with Gasteiger partial charge < -0.3 is 5.32 Å². The minimum Gasteiger partial charge on any atom is -0.317 e. The minimum atomic E-state index is 0.636. The monoisotopic (exact) mass is 285 g/mol. The van der Waals surface area contributed by atoms with Gasteiger partial charge in [0, 0.05) is 10.9 Å². The Kier molecular flexibility index (Phi) is 2.87. The van der Waals surface area contributed by atoms with Gasteiger partial charge in [0.1, 0.15) is 0 Å². The summed E-state index contributed by atoms with van der Waals surface area (Å²) in [4.78, 5) is 0.809. The summed E-state index contributed by atoms with van der Waals surface area (Å²) in [7, 11) is 2.11. The van der Waals surface area contributed by atoms with Crippen LogP contribution in [0.5, 0.6) is 0 Å². The van der Waals surface area contributed by atoms with Gasteiger partial charge in [0.2, 0.25) is 0 Å². The van der Waals surface area contributed by atoms with Gasteiger partial charge in [0.05, 0.1) is 0 Å². The van der Waals surface area contributed by atoms with Crippen molar-refractivity contribution >= 4 is 15.9 Å². The molecule has 0 radical (unpaired) electrons. The zero-order chi connectivity index (χ0) is 11.3. The highest BCUT2D eigenvalue weighted by Crippen LogP contribution is 2.63. The summed E-state index contributed by atoms with van der Waals surface area (Å²) in [6.07, 6.45) is 8.96. The molecule has 4 fully saturated rings.